The summed E-state index contributed by atoms with van der Waals surface area (Å²) in [6, 6.07) is 15.0. The summed E-state index contributed by atoms with van der Waals surface area (Å²) in [6.07, 6.45) is 0.956. The van der Waals surface area contributed by atoms with Gasteiger partial charge in [-0.05, 0) is 30.7 Å². The van der Waals surface area contributed by atoms with Gasteiger partial charge in [0.2, 0.25) is 5.95 Å². The molecule has 1 aromatic heterocycles. The van der Waals surface area contributed by atoms with E-state index in [1.54, 1.807) is 19.2 Å². The Bertz CT molecular complexity index is 839. The van der Waals surface area contributed by atoms with Crippen molar-refractivity contribution in [3.8, 4) is 5.75 Å². The summed E-state index contributed by atoms with van der Waals surface area (Å²) in [5, 5.41) is 2.91. The second-order valence-electron chi connectivity index (χ2n) is 5.23. The number of imidazole rings is 1. The number of para-hydroxylation sites is 3. The van der Waals surface area contributed by atoms with Gasteiger partial charge in [-0.1, -0.05) is 31.2 Å². The number of carbonyl (C=O) groups excluding carboxylic acids is 1. The highest BCUT2D eigenvalue weighted by molar-refractivity contribution is 6.06. The Kier molecular flexibility index (Phi) is 4.28. The number of nitrogens with one attached hydrogen (secondary N) is 1. The van der Waals surface area contributed by atoms with E-state index in [4.69, 9.17) is 4.74 Å². The topological polar surface area (TPSA) is 56.2 Å². The van der Waals surface area contributed by atoms with Crippen LogP contribution in [0.5, 0.6) is 5.75 Å². The third kappa shape index (κ3) is 2.90. The summed E-state index contributed by atoms with van der Waals surface area (Å²) in [5.41, 5.74) is 2.38. The number of anilines is 1. The van der Waals surface area contributed by atoms with Gasteiger partial charge in [-0.3, -0.25) is 10.1 Å². The Morgan fingerprint density at radius 1 is 1.17 bits per heavy atom. The summed E-state index contributed by atoms with van der Waals surface area (Å²) < 4.78 is 7.28. The summed E-state index contributed by atoms with van der Waals surface area (Å²) >= 11 is 0. The predicted octanol–water partition coefficient (Wildman–Crippen LogP) is 3.71. The van der Waals surface area contributed by atoms with Crippen LogP contribution in [0.2, 0.25) is 0 Å². The first-order chi connectivity index (χ1) is 11.2. The SMILES string of the molecule is CCCn1c(NC(=O)c2ccccc2OC)nc2ccccc21. The number of aromatic nitrogens is 2. The molecule has 23 heavy (non-hydrogen) atoms. The minimum Gasteiger partial charge on any atom is -0.496 e. The lowest BCUT2D eigenvalue weighted by Crippen LogP contribution is -2.16. The van der Waals surface area contributed by atoms with E-state index in [0.717, 1.165) is 24.0 Å². The normalized spacial score (nSPS) is 10.7. The van der Waals surface area contributed by atoms with Crippen molar-refractivity contribution in [1.29, 1.82) is 0 Å². The van der Waals surface area contributed by atoms with E-state index in [0.29, 0.717) is 17.3 Å². The lowest BCUT2D eigenvalue weighted by molar-refractivity contribution is 0.102. The van der Waals surface area contributed by atoms with Gasteiger partial charge < -0.3 is 9.30 Å². The highest BCUT2D eigenvalue weighted by Gasteiger charge is 2.16. The van der Waals surface area contributed by atoms with E-state index in [2.05, 4.69) is 17.2 Å². The van der Waals surface area contributed by atoms with E-state index < -0.39 is 0 Å². The van der Waals surface area contributed by atoms with Crippen LogP contribution in [0.15, 0.2) is 48.5 Å². The van der Waals surface area contributed by atoms with Gasteiger partial charge in [0.1, 0.15) is 5.75 Å². The zero-order chi connectivity index (χ0) is 16.2. The first kappa shape index (κ1) is 15.1. The first-order valence-corrected chi connectivity index (χ1v) is 7.64. The molecule has 1 amide bonds. The van der Waals surface area contributed by atoms with Crippen LogP contribution in [0.3, 0.4) is 0 Å². The average molecular weight is 309 g/mol. The Morgan fingerprint density at radius 3 is 2.70 bits per heavy atom. The number of nitrogens with zero attached hydrogens (tertiary/aromatic N) is 2. The summed E-state index contributed by atoms with van der Waals surface area (Å²) in [6.45, 7) is 2.89. The molecule has 0 aliphatic carbocycles. The van der Waals surface area contributed by atoms with E-state index in [1.165, 1.54) is 0 Å². The largest absolute Gasteiger partial charge is 0.496 e. The van der Waals surface area contributed by atoms with Crippen LogP contribution in [0.1, 0.15) is 23.7 Å². The fraction of sp³-hybridized carbons (Fsp3) is 0.222. The zero-order valence-corrected chi connectivity index (χ0v) is 13.2. The van der Waals surface area contributed by atoms with Gasteiger partial charge in [-0.2, -0.15) is 0 Å². The number of aryl methyl sites for hydroxylation is 1. The summed E-state index contributed by atoms with van der Waals surface area (Å²) in [5.74, 6) is 0.877. The van der Waals surface area contributed by atoms with Gasteiger partial charge in [-0.25, -0.2) is 4.98 Å². The van der Waals surface area contributed by atoms with E-state index in [-0.39, 0.29) is 5.91 Å². The molecule has 1 heterocycles. The molecule has 0 saturated carbocycles. The number of ether oxygens (including phenoxy) is 1. The van der Waals surface area contributed by atoms with Crippen LogP contribution in [-0.4, -0.2) is 22.6 Å². The first-order valence-electron chi connectivity index (χ1n) is 7.64. The quantitative estimate of drug-likeness (QED) is 0.781. The molecule has 3 aromatic rings. The number of rotatable bonds is 5. The Balaban J connectivity index is 1.97. The van der Waals surface area contributed by atoms with Crippen LogP contribution in [-0.2, 0) is 6.54 Å². The van der Waals surface area contributed by atoms with Gasteiger partial charge in [0.15, 0.2) is 0 Å². The molecule has 0 saturated heterocycles. The van der Waals surface area contributed by atoms with Crippen LogP contribution in [0.25, 0.3) is 11.0 Å². The highest BCUT2D eigenvalue weighted by Crippen LogP contribution is 2.22. The molecule has 0 aliphatic heterocycles. The zero-order valence-electron chi connectivity index (χ0n) is 13.2. The predicted molar refractivity (Wildman–Crippen MR) is 91.0 cm³/mol. The third-order valence-corrected chi connectivity index (χ3v) is 3.68. The molecule has 3 rings (SSSR count). The molecule has 0 radical (unpaired) electrons. The lowest BCUT2D eigenvalue weighted by Gasteiger charge is -2.10. The van der Waals surface area contributed by atoms with Crippen molar-refractivity contribution in [2.24, 2.45) is 0 Å². The van der Waals surface area contributed by atoms with Crippen LogP contribution >= 0.6 is 0 Å². The Labute approximate surface area is 134 Å². The summed E-state index contributed by atoms with van der Waals surface area (Å²) in [7, 11) is 1.55. The maximum absolute atomic E-state index is 12.6. The number of hydrogen-bond acceptors (Lipinski definition) is 3. The highest BCUT2D eigenvalue weighted by atomic mass is 16.5. The molecule has 0 unspecified atom stereocenters. The molecule has 1 N–H and O–H groups in total. The van der Waals surface area contributed by atoms with Gasteiger partial charge in [0.05, 0.1) is 23.7 Å². The van der Waals surface area contributed by atoms with E-state index in [1.807, 2.05) is 41.0 Å². The van der Waals surface area contributed by atoms with Crippen molar-refractivity contribution in [1.82, 2.24) is 9.55 Å². The van der Waals surface area contributed by atoms with E-state index >= 15 is 0 Å². The van der Waals surface area contributed by atoms with Crippen LogP contribution < -0.4 is 10.1 Å². The minimum absolute atomic E-state index is 0.227. The molecular weight excluding hydrogens is 290 g/mol. The van der Waals surface area contributed by atoms with Crippen molar-refractivity contribution >= 4 is 22.9 Å². The summed E-state index contributed by atoms with van der Waals surface area (Å²) in [4.78, 5) is 17.1. The number of benzene rings is 2. The monoisotopic (exact) mass is 309 g/mol. The molecule has 0 bridgehead atoms. The molecule has 5 nitrogen and oxygen atoms in total. The molecule has 2 aromatic carbocycles. The minimum atomic E-state index is -0.227. The number of fused-ring (bicyclic) bond motifs is 1. The lowest BCUT2D eigenvalue weighted by atomic mass is 10.2. The molecule has 0 spiro atoms. The molecular formula is C18H19N3O2. The third-order valence-electron chi connectivity index (χ3n) is 3.68. The van der Waals surface area contributed by atoms with Crippen molar-refractivity contribution in [2.45, 2.75) is 19.9 Å². The fourth-order valence-electron chi connectivity index (χ4n) is 2.62. The van der Waals surface area contributed by atoms with Gasteiger partial charge in [0, 0.05) is 6.54 Å². The van der Waals surface area contributed by atoms with Crippen LogP contribution in [0.4, 0.5) is 5.95 Å². The van der Waals surface area contributed by atoms with Crippen molar-refractivity contribution < 1.29 is 9.53 Å². The fourth-order valence-corrected chi connectivity index (χ4v) is 2.62. The molecule has 5 heteroatoms. The number of methoxy groups -OCH3 is 1. The second-order valence-corrected chi connectivity index (χ2v) is 5.23. The van der Waals surface area contributed by atoms with Gasteiger partial charge in [0.25, 0.3) is 5.91 Å². The van der Waals surface area contributed by atoms with Crippen LogP contribution in [0, 0.1) is 0 Å². The van der Waals surface area contributed by atoms with E-state index in [9.17, 15) is 4.79 Å². The van der Waals surface area contributed by atoms with Gasteiger partial charge >= 0.3 is 0 Å². The number of carbonyl (C=O) groups is 1. The van der Waals surface area contributed by atoms with Crippen molar-refractivity contribution in [3.63, 3.8) is 0 Å². The van der Waals surface area contributed by atoms with Crippen molar-refractivity contribution in [2.75, 3.05) is 12.4 Å². The Hall–Kier alpha value is -2.82. The van der Waals surface area contributed by atoms with Gasteiger partial charge in [-0.15, -0.1) is 0 Å². The van der Waals surface area contributed by atoms with Crippen molar-refractivity contribution in [3.05, 3.63) is 54.1 Å². The average Bonchev–Trinajstić information content (AvgIpc) is 2.92. The Morgan fingerprint density at radius 2 is 1.91 bits per heavy atom. The molecule has 0 atom stereocenters. The molecule has 118 valence electrons. The number of hydrogen-bond donors (Lipinski definition) is 1. The second kappa shape index (κ2) is 6.52. The number of amides is 1. The maximum atomic E-state index is 12.6. The molecule has 0 fully saturated rings. The standard InChI is InChI=1S/C18H19N3O2/c1-3-12-21-15-10-6-5-9-14(15)19-18(21)20-17(22)13-8-4-7-11-16(13)23-2/h4-11H,3,12H2,1-2H3,(H,19,20,22). The maximum Gasteiger partial charge on any atom is 0.261 e. The smallest absolute Gasteiger partial charge is 0.261 e. The molecule has 0 aliphatic rings.